The molecule has 2 rings (SSSR count). The van der Waals surface area contributed by atoms with E-state index >= 15 is 0 Å². The summed E-state index contributed by atoms with van der Waals surface area (Å²) in [7, 11) is -2.16. The molecule has 1 saturated carbocycles. The van der Waals surface area contributed by atoms with Crippen LogP contribution in [0, 0.1) is 5.92 Å². The zero-order valence-electron chi connectivity index (χ0n) is 12.2. The van der Waals surface area contributed by atoms with Gasteiger partial charge < -0.3 is 16.2 Å². The van der Waals surface area contributed by atoms with Crippen molar-refractivity contribution >= 4 is 21.4 Å². The van der Waals surface area contributed by atoms with Gasteiger partial charge in [0.25, 0.3) is 0 Å². The van der Waals surface area contributed by atoms with Gasteiger partial charge in [-0.25, -0.2) is 13.1 Å². The van der Waals surface area contributed by atoms with E-state index < -0.39 is 10.0 Å². The largest absolute Gasteiger partial charge is 0.398 e. The Kier molecular flexibility index (Phi) is 5.08. The van der Waals surface area contributed by atoms with Crippen molar-refractivity contribution < 1.29 is 13.5 Å². The minimum absolute atomic E-state index is 0.0938. The van der Waals surface area contributed by atoms with Gasteiger partial charge >= 0.3 is 0 Å². The minimum Gasteiger partial charge on any atom is -0.398 e. The number of aliphatic hydroxyl groups excluding tert-OH is 1. The molecule has 1 aromatic carbocycles. The molecule has 0 spiro atoms. The third-order valence-electron chi connectivity index (χ3n) is 3.98. The summed E-state index contributed by atoms with van der Waals surface area (Å²) in [5.41, 5.74) is 6.86. The van der Waals surface area contributed by atoms with Gasteiger partial charge in [-0.3, -0.25) is 0 Å². The zero-order valence-corrected chi connectivity index (χ0v) is 13.0. The summed E-state index contributed by atoms with van der Waals surface area (Å²) in [6, 6.07) is 4.87. The first-order valence-electron chi connectivity index (χ1n) is 7.17. The Hall–Kier alpha value is -1.31. The van der Waals surface area contributed by atoms with Crippen LogP contribution in [0.15, 0.2) is 23.1 Å². The molecule has 0 aromatic heterocycles. The van der Waals surface area contributed by atoms with Crippen molar-refractivity contribution in [2.24, 2.45) is 5.92 Å². The van der Waals surface area contributed by atoms with Gasteiger partial charge in [0, 0.05) is 12.2 Å². The van der Waals surface area contributed by atoms with Gasteiger partial charge in [-0.1, -0.05) is 0 Å². The van der Waals surface area contributed by atoms with Gasteiger partial charge in [-0.15, -0.1) is 0 Å². The summed E-state index contributed by atoms with van der Waals surface area (Å²) < 4.78 is 25.7. The Balaban J connectivity index is 1.98. The first-order valence-corrected chi connectivity index (χ1v) is 8.65. The number of anilines is 2. The summed E-state index contributed by atoms with van der Waals surface area (Å²) in [4.78, 5) is 0.0938. The molecule has 0 radical (unpaired) electrons. The smallest absolute Gasteiger partial charge is 0.242 e. The van der Waals surface area contributed by atoms with E-state index in [9.17, 15) is 13.5 Å². The van der Waals surface area contributed by atoms with Crippen molar-refractivity contribution in [2.75, 3.05) is 24.6 Å². The maximum absolute atomic E-state index is 11.7. The van der Waals surface area contributed by atoms with Crippen LogP contribution in [-0.2, 0) is 10.0 Å². The van der Waals surface area contributed by atoms with Gasteiger partial charge in [0.15, 0.2) is 0 Å². The second-order valence-electron chi connectivity index (χ2n) is 5.52. The van der Waals surface area contributed by atoms with Crippen LogP contribution in [0.3, 0.4) is 0 Å². The standard InChI is InChI=1S/C14H23N3O3S/c1-16-21(19,20)14-7-4-11(8-13(14)15)17-9-10-2-5-12(18)6-3-10/h4,7-8,10,12,16-18H,2-3,5-6,9,15H2,1H3. The molecule has 7 heteroatoms. The number of benzene rings is 1. The second kappa shape index (κ2) is 6.64. The Labute approximate surface area is 125 Å². The molecule has 5 N–H and O–H groups in total. The quantitative estimate of drug-likeness (QED) is 0.610. The summed E-state index contributed by atoms with van der Waals surface area (Å²) in [6.07, 6.45) is 3.58. The van der Waals surface area contributed by atoms with E-state index in [1.54, 1.807) is 12.1 Å². The number of rotatable bonds is 5. The highest BCUT2D eigenvalue weighted by molar-refractivity contribution is 7.89. The highest BCUT2D eigenvalue weighted by atomic mass is 32.2. The molecular weight excluding hydrogens is 290 g/mol. The maximum Gasteiger partial charge on any atom is 0.242 e. The molecule has 0 heterocycles. The highest BCUT2D eigenvalue weighted by Crippen LogP contribution is 2.26. The van der Waals surface area contributed by atoms with E-state index in [1.807, 2.05) is 0 Å². The fraction of sp³-hybridized carbons (Fsp3) is 0.571. The molecule has 6 nitrogen and oxygen atoms in total. The maximum atomic E-state index is 11.7. The van der Waals surface area contributed by atoms with Crippen LogP contribution in [0.25, 0.3) is 0 Å². The molecule has 1 aliphatic rings. The van der Waals surface area contributed by atoms with Crippen molar-refractivity contribution in [1.82, 2.24) is 4.72 Å². The lowest BCUT2D eigenvalue weighted by Gasteiger charge is -2.25. The van der Waals surface area contributed by atoms with Gasteiger partial charge in [0.1, 0.15) is 4.90 Å². The van der Waals surface area contributed by atoms with Gasteiger partial charge in [0.2, 0.25) is 10.0 Å². The molecule has 21 heavy (non-hydrogen) atoms. The van der Waals surface area contributed by atoms with Gasteiger partial charge in [-0.05, 0) is 56.8 Å². The topological polar surface area (TPSA) is 104 Å². The van der Waals surface area contributed by atoms with E-state index in [1.165, 1.54) is 13.1 Å². The van der Waals surface area contributed by atoms with E-state index in [4.69, 9.17) is 5.73 Å². The molecule has 0 unspecified atom stereocenters. The van der Waals surface area contributed by atoms with Crippen LogP contribution in [0.4, 0.5) is 11.4 Å². The number of nitrogens with two attached hydrogens (primary N) is 1. The Morgan fingerprint density at radius 2 is 1.95 bits per heavy atom. The normalized spacial score (nSPS) is 23.0. The number of aliphatic hydroxyl groups is 1. The van der Waals surface area contributed by atoms with E-state index in [0.717, 1.165) is 37.9 Å². The lowest BCUT2D eigenvalue weighted by molar-refractivity contribution is 0.111. The molecule has 0 atom stereocenters. The van der Waals surface area contributed by atoms with Crippen molar-refractivity contribution in [2.45, 2.75) is 36.7 Å². The predicted molar refractivity (Wildman–Crippen MR) is 83.6 cm³/mol. The minimum atomic E-state index is -3.52. The second-order valence-corrected chi connectivity index (χ2v) is 7.37. The Morgan fingerprint density at radius 1 is 1.29 bits per heavy atom. The molecule has 1 fully saturated rings. The van der Waals surface area contributed by atoms with Crippen LogP contribution < -0.4 is 15.8 Å². The zero-order chi connectivity index (χ0) is 15.5. The summed E-state index contributed by atoms with van der Waals surface area (Å²) >= 11 is 0. The molecule has 1 aliphatic carbocycles. The molecular formula is C14H23N3O3S. The van der Waals surface area contributed by atoms with Crippen LogP contribution in [0.1, 0.15) is 25.7 Å². The Bertz CT molecular complexity index is 581. The third kappa shape index (κ3) is 4.09. The Morgan fingerprint density at radius 3 is 2.52 bits per heavy atom. The fourth-order valence-corrected chi connectivity index (χ4v) is 3.46. The van der Waals surface area contributed by atoms with Crippen molar-refractivity contribution in [1.29, 1.82) is 0 Å². The van der Waals surface area contributed by atoms with Gasteiger partial charge in [0.05, 0.1) is 11.8 Å². The van der Waals surface area contributed by atoms with E-state index in [2.05, 4.69) is 10.0 Å². The number of sulfonamides is 1. The number of nitrogens with one attached hydrogen (secondary N) is 2. The molecule has 0 aliphatic heterocycles. The molecule has 0 saturated heterocycles. The molecule has 0 amide bonds. The van der Waals surface area contributed by atoms with Crippen molar-refractivity contribution in [3.05, 3.63) is 18.2 Å². The SMILES string of the molecule is CNS(=O)(=O)c1ccc(NCC2CCC(O)CC2)cc1N. The predicted octanol–water partition coefficient (Wildman–Crippen LogP) is 1.14. The number of nitrogen functional groups attached to an aromatic ring is 1. The van der Waals surface area contributed by atoms with Crippen LogP contribution >= 0.6 is 0 Å². The summed E-state index contributed by atoms with van der Waals surface area (Å²) in [5.74, 6) is 0.537. The summed E-state index contributed by atoms with van der Waals surface area (Å²) in [6.45, 7) is 0.810. The number of hydrogen-bond donors (Lipinski definition) is 4. The summed E-state index contributed by atoms with van der Waals surface area (Å²) in [5, 5.41) is 12.8. The molecule has 0 bridgehead atoms. The number of hydrogen-bond acceptors (Lipinski definition) is 5. The van der Waals surface area contributed by atoms with Crippen LogP contribution in [-0.4, -0.2) is 33.2 Å². The fourth-order valence-electron chi connectivity index (χ4n) is 2.62. The monoisotopic (exact) mass is 313 g/mol. The van der Waals surface area contributed by atoms with Gasteiger partial charge in [-0.2, -0.15) is 0 Å². The van der Waals surface area contributed by atoms with E-state index in [-0.39, 0.29) is 16.7 Å². The molecule has 118 valence electrons. The van der Waals surface area contributed by atoms with Crippen molar-refractivity contribution in [3.8, 4) is 0 Å². The average molecular weight is 313 g/mol. The van der Waals surface area contributed by atoms with Crippen LogP contribution in [0.5, 0.6) is 0 Å². The molecule has 1 aromatic rings. The third-order valence-corrected chi connectivity index (χ3v) is 5.47. The first-order chi connectivity index (χ1) is 9.92. The lowest BCUT2D eigenvalue weighted by atomic mass is 9.87. The first kappa shape index (κ1) is 16.1. The van der Waals surface area contributed by atoms with E-state index in [0.29, 0.717) is 5.92 Å². The van der Waals surface area contributed by atoms with Crippen molar-refractivity contribution in [3.63, 3.8) is 0 Å². The highest BCUT2D eigenvalue weighted by Gasteiger charge is 2.19. The average Bonchev–Trinajstić information content (AvgIpc) is 2.46. The van der Waals surface area contributed by atoms with Crippen LogP contribution in [0.2, 0.25) is 0 Å². The lowest BCUT2D eigenvalue weighted by Crippen LogP contribution is -2.23.